The number of H-pyrrole nitrogens is 1. The first-order chi connectivity index (χ1) is 10.6. The minimum atomic E-state index is -0.346. The van der Waals surface area contributed by atoms with Gasteiger partial charge in [0.05, 0.1) is 12.4 Å². The van der Waals surface area contributed by atoms with Crippen LogP contribution in [0.1, 0.15) is 19.6 Å². The molecule has 3 N–H and O–H groups in total. The van der Waals surface area contributed by atoms with Gasteiger partial charge in [-0.05, 0) is 26.5 Å². The van der Waals surface area contributed by atoms with Crippen molar-refractivity contribution < 1.29 is 9.30 Å². The lowest BCUT2D eigenvalue weighted by molar-refractivity contribution is 0.0102. The van der Waals surface area contributed by atoms with Crippen LogP contribution >= 0.6 is 24.4 Å². The molecule has 0 amide bonds. The molecule has 2 aromatic heterocycles. The molecule has 1 aliphatic rings. The Kier molecular flexibility index (Phi) is 4.84. The number of nitrogens with zero attached hydrogens (tertiary/aromatic N) is 3. The number of nitrogen functional groups attached to an aromatic ring is 1. The van der Waals surface area contributed by atoms with Gasteiger partial charge in [0.1, 0.15) is 6.23 Å². The summed E-state index contributed by atoms with van der Waals surface area (Å²) in [4.78, 5) is 22.5. The summed E-state index contributed by atoms with van der Waals surface area (Å²) < 4.78 is 18.4. The maximum Gasteiger partial charge on any atom is 0.280 e. The molecule has 2 aromatic rings. The molecule has 1 aliphatic heterocycles. The van der Waals surface area contributed by atoms with Gasteiger partial charge >= 0.3 is 0 Å². The van der Waals surface area contributed by atoms with Crippen LogP contribution in [-0.2, 0) is 9.30 Å². The maximum absolute atomic E-state index is 11.8. The number of aromatic nitrogens is 4. The van der Waals surface area contributed by atoms with E-state index in [0.29, 0.717) is 27.8 Å². The molecule has 1 fully saturated rings. The molecule has 22 heavy (non-hydrogen) atoms. The number of hydrogen-bond donors (Lipinski definition) is 2. The highest BCUT2D eigenvalue weighted by Crippen LogP contribution is 2.49. The molecular formula is C11H16N5O3P3. The minimum absolute atomic E-state index is 0.0685. The number of ether oxygens (including phenoxy) is 1. The SMILES string of the molecule is CC1C[C@H](n2cnc3c(=O)[nH]c(N)nc32)O[C@@H]1CPPP=O. The number of fused-ring (bicyclic) bond motifs is 1. The summed E-state index contributed by atoms with van der Waals surface area (Å²) in [6.45, 7) is 2.14. The smallest absolute Gasteiger partial charge is 0.280 e. The molecule has 0 spiro atoms. The maximum atomic E-state index is 11.8. The molecule has 8 nitrogen and oxygen atoms in total. The summed E-state index contributed by atoms with van der Waals surface area (Å²) in [5.74, 6) is 0.460. The zero-order valence-corrected chi connectivity index (χ0v) is 14.7. The summed E-state index contributed by atoms with van der Waals surface area (Å²) in [6, 6.07) is 0. The number of nitrogens with one attached hydrogen (secondary N) is 1. The molecule has 11 heteroatoms. The van der Waals surface area contributed by atoms with E-state index < -0.39 is 0 Å². The quantitative estimate of drug-likeness (QED) is 0.624. The number of anilines is 1. The average Bonchev–Trinajstić information content (AvgIpc) is 3.03. The predicted molar refractivity (Wildman–Crippen MR) is 89.4 cm³/mol. The fourth-order valence-corrected chi connectivity index (χ4v) is 5.95. The third-order valence-corrected chi connectivity index (χ3v) is 8.19. The fourth-order valence-electron chi connectivity index (χ4n) is 2.62. The molecule has 0 saturated carbocycles. The number of imidazole rings is 1. The topological polar surface area (TPSA) is 116 Å². The molecule has 1 saturated heterocycles. The van der Waals surface area contributed by atoms with E-state index in [1.165, 1.54) is 0 Å². The van der Waals surface area contributed by atoms with Crippen molar-refractivity contribution in [2.24, 2.45) is 5.92 Å². The van der Waals surface area contributed by atoms with Crippen molar-refractivity contribution >= 4 is 41.5 Å². The van der Waals surface area contributed by atoms with Crippen LogP contribution in [0.15, 0.2) is 11.1 Å². The van der Waals surface area contributed by atoms with E-state index in [9.17, 15) is 9.36 Å². The average molecular weight is 359 g/mol. The van der Waals surface area contributed by atoms with Crippen molar-refractivity contribution in [2.75, 3.05) is 11.9 Å². The lowest BCUT2D eigenvalue weighted by Crippen LogP contribution is -2.16. The van der Waals surface area contributed by atoms with Crippen LogP contribution in [0.2, 0.25) is 0 Å². The Hall–Kier alpha value is -0.930. The third-order valence-electron chi connectivity index (χ3n) is 3.73. The van der Waals surface area contributed by atoms with E-state index in [0.717, 1.165) is 12.6 Å². The van der Waals surface area contributed by atoms with Gasteiger partial charge in [0.15, 0.2) is 19.3 Å². The Labute approximate surface area is 131 Å². The normalized spacial score (nSPS) is 26.3. The third kappa shape index (κ3) is 3.07. The summed E-state index contributed by atoms with van der Waals surface area (Å²) in [7, 11) is 1.31. The predicted octanol–water partition coefficient (Wildman–Crippen LogP) is 2.10. The van der Waals surface area contributed by atoms with Gasteiger partial charge in [-0.3, -0.25) is 18.9 Å². The largest absolute Gasteiger partial charge is 0.369 e. The van der Waals surface area contributed by atoms with Crippen LogP contribution in [0.25, 0.3) is 11.2 Å². The molecule has 3 rings (SSSR count). The number of aromatic amines is 1. The minimum Gasteiger partial charge on any atom is -0.369 e. The highest BCUT2D eigenvalue weighted by Gasteiger charge is 2.34. The van der Waals surface area contributed by atoms with Crippen molar-refractivity contribution in [3.05, 3.63) is 16.7 Å². The van der Waals surface area contributed by atoms with E-state index in [1.807, 2.05) is 0 Å². The second kappa shape index (κ2) is 6.67. The Morgan fingerprint density at radius 2 is 2.45 bits per heavy atom. The van der Waals surface area contributed by atoms with E-state index >= 15 is 0 Å². The molecule has 118 valence electrons. The van der Waals surface area contributed by atoms with Gasteiger partial charge in [0, 0.05) is 0 Å². The molecule has 0 bridgehead atoms. The second-order valence-corrected chi connectivity index (χ2v) is 10.7. The van der Waals surface area contributed by atoms with Crippen LogP contribution in [0, 0.1) is 5.92 Å². The van der Waals surface area contributed by atoms with Crippen molar-refractivity contribution in [1.82, 2.24) is 19.5 Å². The van der Waals surface area contributed by atoms with Gasteiger partial charge in [-0.15, -0.1) is 0 Å². The van der Waals surface area contributed by atoms with Crippen LogP contribution in [-0.4, -0.2) is 31.8 Å². The highest BCUT2D eigenvalue weighted by atomic mass is 32.4. The number of rotatable bonds is 5. The van der Waals surface area contributed by atoms with Crippen LogP contribution < -0.4 is 11.3 Å². The fraction of sp³-hybridized carbons (Fsp3) is 0.545. The Morgan fingerprint density at radius 1 is 1.64 bits per heavy atom. The van der Waals surface area contributed by atoms with E-state index in [1.54, 1.807) is 10.9 Å². The summed E-state index contributed by atoms with van der Waals surface area (Å²) in [5, 5.41) is 0. The van der Waals surface area contributed by atoms with Gasteiger partial charge in [-0.2, -0.15) is 4.98 Å². The molecule has 5 atom stereocenters. The van der Waals surface area contributed by atoms with Crippen LogP contribution in [0.3, 0.4) is 0 Å². The summed E-state index contributed by atoms with van der Waals surface area (Å²) in [5.41, 5.74) is 5.98. The molecule has 3 heterocycles. The van der Waals surface area contributed by atoms with Gasteiger partial charge < -0.3 is 10.5 Å². The number of nitrogens with two attached hydrogens (primary N) is 1. The van der Waals surface area contributed by atoms with E-state index in [-0.39, 0.29) is 37.5 Å². The molecule has 0 aromatic carbocycles. The van der Waals surface area contributed by atoms with Gasteiger partial charge in [-0.1, -0.05) is 15.2 Å². The molecule has 3 unspecified atom stereocenters. The Bertz CT molecular complexity index is 748. The zero-order chi connectivity index (χ0) is 15.7. The van der Waals surface area contributed by atoms with Crippen molar-refractivity contribution in [3.63, 3.8) is 0 Å². The van der Waals surface area contributed by atoms with Crippen LogP contribution in [0.4, 0.5) is 5.95 Å². The first-order valence-corrected chi connectivity index (χ1v) is 11.6. The van der Waals surface area contributed by atoms with Crippen LogP contribution in [0.5, 0.6) is 0 Å². The lowest BCUT2D eigenvalue weighted by Gasteiger charge is -2.15. The van der Waals surface area contributed by atoms with Gasteiger partial charge in [-0.25, -0.2) is 4.98 Å². The molecule has 0 radical (unpaired) electrons. The van der Waals surface area contributed by atoms with Gasteiger partial charge in [0.25, 0.3) is 5.56 Å². The first kappa shape index (κ1) is 15.9. The van der Waals surface area contributed by atoms with Gasteiger partial charge in [0.2, 0.25) is 5.95 Å². The Balaban J connectivity index is 1.83. The van der Waals surface area contributed by atoms with Crippen molar-refractivity contribution in [1.29, 1.82) is 0 Å². The number of hydrogen-bond acceptors (Lipinski definition) is 6. The summed E-state index contributed by atoms with van der Waals surface area (Å²) >= 11 is 0. The molecular weight excluding hydrogens is 343 g/mol. The first-order valence-electron chi connectivity index (χ1n) is 6.78. The van der Waals surface area contributed by atoms with E-state index in [4.69, 9.17) is 10.5 Å². The van der Waals surface area contributed by atoms with Crippen molar-refractivity contribution in [2.45, 2.75) is 25.7 Å². The lowest BCUT2D eigenvalue weighted by atomic mass is 10.1. The molecule has 0 aliphatic carbocycles. The highest BCUT2D eigenvalue weighted by molar-refractivity contribution is 8.40. The second-order valence-electron chi connectivity index (χ2n) is 5.20. The van der Waals surface area contributed by atoms with E-state index in [2.05, 4.69) is 21.9 Å². The van der Waals surface area contributed by atoms with Crippen molar-refractivity contribution in [3.8, 4) is 0 Å². The standard InChI is InChI=1S/C11H16N5O3P3/c1-5-2-7(19-6(5)3-20-22-21-18)16-4-13-8-9(16)14-11(12)15-10(8)17/h4-7,20,22H,2-3H2,1H3,(H3,12,14,15,17)/t5?,6-,7-/m1/s1. The zero-order valence-electron chi connectivity index (χ0n) is 11.8. The summed E-state index contributed by atoms with van der Waals surface area (Å²) in [6.07, 6.45) is 3.25. The monoisotopic (exact) mass is 359 g/mol. The Morgan fingerprint density at radius 3 is 3.23 bits per heavy atom.